The van der Waals surface area contributed by atoms with Crippen LogP contribution in [0.2, 0.25) is 0 Å². The van der Waals surface area contributed by atoms with Crippen LogP contribution in [-0.4, -0.2) is 98.9 Å². The highest BCUT2D eigenvalue weighted by Crippen LogP contribution is 2.47. The number of hydrogen-bond acceptors (Lipinski definition) is 11. The van der Waals surface area contributed by atoms with Crippen molar-refractivity contribution in [2.24, 2.45) is 0 Å². The second kappa shape index (κ2) is 49.1. The summed E-state index contributed by atoms with van der Waals surface area (Å²) >= 11 is 0. The number of phosphoric acid groups is 1. The van der Waals surface area contributed by atoms with Crippen molar-refractivity contribution in [3.63, 3.8) is 0 Å². The molecule has 1 saturated carbocycles. The van der Waals surface area contributed by atoms with Crippen LogP contribution in [-0.2, 0) is 27.9 Å². The van der Waals surface area contributed by atoms with E-state index in [4.69, 9.17) is 18.5 Å². The lowest BCUT2D eigenvalue weighted by molar-refractivity contribution is -0.220. The van der Waals surface area contributed by atoms with Gasteiger partial charge in [-0.05, 0) is 64.2 Å². The molecule has 422 valence electrons. The maximum atomic E-state index is 12.9. The SMILES string of the molecule is CC/C=C\C/C=C\C/C=C\C/C=C\C/C=C\C/C=C\C/C=C\CCCC(=O)OC(COCCCCCCCCCCCCCCCCCCCCCCCCC)COP(=O)(O)OC1C(O)C(O)C(O)C(O)C1O. The summed E-state index contributed by atoms with van der Waals surface area (Å²) in [5.41, 5.74) is 0. The van der Waals surface area contributed by atoms with Gasteiger partial charge in [0, 0.05) is 13.0 Å². The summed E-state index contributed by atoms with van der Waals surface area (Å²) in [4.78, 5) is 23.3. The van der Waals surface area contributed by atoms with Crippen molar-refractivity contribution in [2.45, 2.75) is 268 Å². The Balaban J connectivity index is 2.33. The predicted molar refractivity (Wildman–Crippen MR) is 299 cm³/mol. The molecule has 1 aliphatic rings. The highest BCUT2D eigenvalue weighted by Gasteiger charge is 2.51. The first-order valence-corrected chi connectivity index (χ1v) is 30.4. The van der Waals surface area contributed by atoms with Gasteiger partial charge >= 0.3 is 13.8 Å². The van der Waals surface area contributed by atoms with Crippen LogP contribution >= 0.6 is 7.82 Å². The first-order chi connectivity index (χ1) is 35.5. The van der Waals surface area contributed by atoms with E-state index in [0.29, 0.717) is 19.4 Å². The van der Waals surface area contributed by atoms with Gasteiger partial charge in [0.05, 0.1) is 13.2 Å². The number of allylic oxidation sites excluding steroid dienone is 14. The predicted octanol–water partition coefficient (Wildman–Crippen LogP) is 14.0. The minimum absolute atomic E-state index is 0.102. The Morgan fingerprint density at radius 2 is 0.795 bits per heavy atom. The van der Waals surface area contributed by atoms with Gasteiger partial charge in [-0.15, -0.1) is 0 Å². The van der Waals surface area contributed by atoms with Gasteiger partial charge in [-0.25, -0.2) is 4.57 Å². The zero-order chi connectivity index (χ0) is 53.3. The molecule has 0 aliphatic heterocycles. The molecule has 6 unspecified atom stereocenters. The third-order valence-electron chi connectivity index (χ3n) is 13.0. The van der Waals surface area contributed by atoms with Crippen molar-refractivity contribution in [2.75, 3.05) is 19.8 Å². The maximum Gasteiger partial charge on any atom is 0.472 e. The molecule has 1 fully saturated rings. The minimum Gasteiger partial charge on any atom is -0.457 e. The molecule has 0 aromatic heterocycles. The Hall–Kier alpha value is -2.48. The van der Waals surface area contributed by atoms with Crippen LogP contribution in [0.25, 0.3) is 0 Å². The zero-order valence-electron chi connectivity index (χ0n) is 45.7. The number of rotatable bonds is 49. The number of phosphoric ester groups is 1. The second-order valence-electron chi connectivity index (χ2n) is 19.8. The van der Waals surface area contributed by atoms with E-state index >= 15 is 0 Å². The molecule has 6 atom stereocenters. The van der Waals surface area contributed by atoms with Gasteiger partial charge in [-0.2, -0.15) is 0 Å². The number of unbranched alkanes of at least 4 members (excludes halogenated alkanes) is 23. The van der Waals surface area contributed by atoms with Gasteiger partial charge in [-0.3, -0.25) is 13.8 Å². The molecule has 0 aromatic carbocycles. The van der Waals surface area contributed by atoms with Crippen LogP contribution in [0.4, 0.5) is 0 Å². The highest BCUT2D eigenvalue weighted by atomic mass is 31.2. The lowest BCUT2D eigenvalue weighted by Gasteiger charge is -2.41. The molecule has 0 heterocycles. The Morgan fingerprint density at radius 3 is 1.18 bits per heavy atom. The average Bonchev–Trinajstić information content (AvgIpc) is 3.38. The van der Waals surface area contributed by atoms with Gasteiger partial charge < -0.3 is 39.9 Å². The molecule has 0 bridgehead atoms. The summed E-state index contributed by atoms with van der Waals surface area (Å²) in [7, 11) is -5.05. The molecule has 1 rings (SSSR count). The average molecular weight is 1050 g/mol. The Morgan fingerprint density at radius 1 is 0.452 bits per heavy atom. The first kappa shape index (κ1) is 68.5. The molecule has 0 aromatic rings. The van der Waals surface area contributed by atoms with Gasteiger partial charge in [0.1, 0.15) is 42.7 Å². The maximum absolute atomic E-state index is 12.9. The monoisotopic (exact) mass is 1050 g/mol. The van der Waals surface area contributed by atoms with Crippen molar-refractivity contribution in [1.82, 2.24) is 0 Å². The minimum atomic E-state index is -5.05. The number of carbonyl (C=O) groups excluding carboxylic acids is 1. The highest BCUT2D eigenvalue weighted by molar-refractivity contribution is 7.47. The molecule has 0 amide bonds. The lowest BCUT2D eigenvalue weighted by atomic mass is 9.85. The van der Waals surface area contributed by atoms with Gasteiger partial charge in [0.15, 0.2) is 0 Å². The summed E-state index contributed by atoms with van der Waals surface area (Å²) in [5.74, 6) is -0.533. The second-order valence-corrected chi connectivity index (χ2v) is 21.2. The van der Waals surface area contributed by atoms with Crippen molar-refractivity contribution in [1.29, 1.82) is 0 Å². The quantitative estimate of drug-likeness (QED) is 0.0146. The van der Waals surface area contributed by atoms with E-state index < -0.39 is 63.1 Å². The third kappa shape index (κ3) is 40.4. The number of esters is 1. The normalized spacial score (nSPS) is 21.2. The lowest BCUT2D eigenvalue weighted by Crippen LogP contribution is -2.64. The Bertz CT molecular complexity index is 1530. The molecule has 12 nitrogen and oxygen atoms in total. The van der Waals surface area contributed by atoms with Crippen molar-refractivity contribution < 1.29 is 58.3 Å². The van der Waals surface area contributed by atoms with Crippen LogP contribution in [0.3, 0.4) is 0 Å². The largest absolute Gasteiger partial charge is 0.472 e. The number of aliphatic hydroxyl groups excluding tert-OH is 5. The van der Waals surface area contributed by atoms with E-state index in [-0.39, 0.29) is 13.0 Å². The molecule has 0 saturated heterocycles. The summed E-state index contributed by atoms with van der Waals surface area (Å²) in [5, 5.41) is 50.4. The topological polar surface area (TPSA) is 192 Å². The number of carbonyl (C=O) groups is 1. The Kier molecular flexibility index (Phi) is 46.1. The number of aliphatic hydroxyl groups is 5. The van der Waals surface area contributed by atoms with E-state index in [1.165, 1.54) is 128 Å². The third-order valence-corrected chi connectivity index (χ3v) is 14.0. The fourth-order valence-electron chi connectivity index (χ4n) is 8.52. The standard InChI is InChI=1S/C60H105O12P/c1-3-5-7-9-11-13-15-17-19-21-23-25-27-29-31-33-35-37-39-41-43-45-47-49-54(61)71-53(52-70-73(67,68)72-60-58(65)56(63)55(62)57(64)59(60)66)51-69-50-48-46-44-42-40-38-36-34-32-30-28-26-24-22-20-18-16-14-12-10-8-6-4-2/h5,7,11,13,17,19,23,25,29,31,35,37,41,43,53,55-60,62-66H,3-4,6,8-10,12,14-16,18,20-22,24,26-28,30,32-34,36,38-40,42,44-52H2,1-2H3,(H,67,68)/b7-5-,13-11-,19-17-,25-23-,31-29-,37-35-,43-41-. The molecule has 13 heteroatoms. The summed E-state index contributed by atoms with van der Waals surface area (Å²) in [6.07, 6.45) is 55.2. The number of ether oxygens (including phenoxy) is 2. The Labute approximate surface area is 443 Å². The molecule has 1 aliphatic carbocycles. The summed E-state index contributed by atoms with van der Waals surface area (Å²) in [6.45, 7) is 4.12. The van der Waals surface area contributed by atoms with Gasteiger partial charge in [-0.1, -0.05) is 240 Å². The van der Waals surface area contributed by atoms with Crippen LogP contribution in [0.5, 0.6) is 0 Å². The fraction of sp³-hybridized carbons (Fsp3) is 0.750. The summed E-state index contributed by atoms with van der Waals surface area (Å²) < 4.78 is 34.3. The molecular weight excluding hydrogens is 944 g/mol. The molecule has 0 spiro atoms. The summed E-state index contributed by atoms with van der Waals surface area (Å²) in [6, 6.07) is 0. The first-order valence-electron chi connectivity index (χ1n) is 28.9. The molecular formula is C60H105O12P. The van der Waals surface area contributed by atoms with Crippen LogP contribution < -0.4 is 0 Å². The van der Waals surface area contributed by atoms with E-state index in [1.54, 1.807) is 0 Å². The van der Waals surface area contributed by atoms with Crippen molar-refractivity contribution >= 4 is 13.8 Å². The molecule has 0 radical (unpaired) electrons. The van der Waals surface area contributed by atoms with Gasteiger partial charge in [0.25, 0.3) is 0 Å². The van der Waals surface area contributed by atoms with E-state index in [1.807, 2.05) is 12.2 Å². The van der Waals surface area contributed by atoms with Crippen molar-refractivity contribution in [3.05, 3.63) is 85.1 Å². The van der Waals surface area contributed by atoms with Crippen molar-refractivity contribution in [3.8, 4) is 0 Å². The smallest absolute Gasteiger partial charge is 0.457 e. The van der Waals surface area contributed by atoms with E-state index in [2.05, 4.69) is 86.8 Å². The fourth-order valence-corrected chi connectivity index (χ4v) is 9.50. The van der Waals surface area contributed by atoms with Gasteiger partial charge in [0.2, 0.25) is 0 Å². The van der Waals surface area contributed by atoms with E-state index in [9.17, 15) is 39.8 Å². The van der Waals surface area contributed by atoms with Crippen LogP contribution in [0.15, 0.2) is 85.1 Å². The van der Waals surface area contributed by atoms with Crippen LogP contribution in [0.1, 0.15) is 226 Å². The van der Waals surface area contributed by atoms with Crippen LogP contribution in [0, 0.1) is 0 Å². The number of hydrogen-bond donors (Lipinski definition) is 6. The molecule has 73 heavy (non-hydrogen) atoms. The molecule has 6 N–H and O–H groups in total. The van der Waals surface area contributed by atoms with E-state index in [0.717, 1.165) is 64.2 Å². The zero-order valence-corrected chi connectivity index (χ0v) is 46.6.